The standard InChI is InChI=1S/C26H37N5O5/c1-25(2,3)20(22(33)31-15-16-8-7-9-17(16)19(31)23(34)35)29-24(36)26(10-5-4-6-11-26)30-21(32)18-14-27-12-13-28-18/h12-14,16-17,19-20H,4-11,15H2,1-3H3,(H,29,36)(H,30,32)(H,34,35)/t16-,17-,19?,20+/m0/s1. The average molecular weight is 500 g/mol. The van der Waals surface area contributed by atoms with Crippen molar-refractivity contribution in [1.82, 2.24) is 25.5 Å². The molecule has 0 bridgehead atoms. The summed E-state index contributed by atoms with van der Waals surface area (Å²) in [5.41, 5.74) is -1.73. The lowest BCUT2D eigenvalue weighted by Crippen LogP contribution is -2.65. The van der Waals surface area contributed by atoms with Gasteiger partial charge in [0.1, 0.15) is 23.3 Å². The Morgan fingerprint density at radius 2 is 1.81 bits per heavy atom. The topological polar surface area (TPSA) is 142 Å². The summed E-state index contributed by atoms with van der Waals surface area (Å²) in [5.74, 6) is -2.13. The molecule has 3 aliphatic rings. The first-order valence-corrected chi connectivity index (χ1v) is 13.0. The van der Waals surface area contributed by atoms with Crippen LogP contribution >= 0.6 is 0 Å². The minimum Gasteiger partial charge on any atom is -0.480 e. The van der Waals surface area contributed by atoms with Crippen molar-refractivity contribution >= 4 is 23.7 Å². The van der Waals surface area contributed by atoms with Crippen LogP contribution < -0.4 is 10.6 Å². The summed E-state index contributed by atoms with van der Waals surface area (Å²) in [7, 11) is 0. The van der Waals surface area contributed by atoms with Crippen LogP contribution in [0.3, 0.4) is 0 Å². The predicted molar refractivity (Wildman–Crippen MR) is 131 cm³/mol. The first-order valence-electron chi connectivity index (χ1n) is 13.0. The molecular formula is C26H37N5O5. The van der Waals surface area contributed by atoms with Crippen molar-refractivity contribution in [2.24, 2.45) is 17.3 Å². The molecule has 2 aliphatic carbocycles. The largest absolute Gasteiger partial charge is 0.480 e. The monoisotopic (exact) mass is 499 g/mol. The molecule has 0 radical (unpaired) electrons. The third kappa shape index (κ3) is 5.08. The summed E-state index contributed by atoms with van der Waals surface area (Å²) in [6, 6.07) is -1.80. The minimum atomic E-state index is -1.18. The highest BCUT2D eigenvalue weighted by Crippen LogP contribution is 2.43. The van der Waals surface area contributed by atoms with Crippen molar-refractivity contribution < 1.29 is 24.3 Å². The Balaban J connectivity index is 1.57. The lowest BCUT2D eigenvalue weighted by Gasteiger charge is -2.41. The lowest BCUT2D eigenvalue weighted by molar-refractivity contribution is -0.152. The zero-order valence-corrected chi connectivity index (χ0v) is 21.3. The first-order chi connectivity index (χ1) is 17.0. The quantitative estimate of drug-likeness (QED) is 0.544. The van der Waals surface area contributed by atoms with Gasteiger partial charge in [0.25, 0.3) is 5.91 Å². The van der Waals surface area contributed by atoms with Crippen LogP contribution in [-0.4, -0.2) is 67.8 Å². The molecule has 2 saturated carbocycles. The van der Waals surface area contributed by atoms with E-state index in [1.54, 1.807) is 0 Å². The molecule has 3 N–H and O–H groups in total. The highest BCUT2D eigenvalue weighted by atomic mass is 16.4. The van der Waals surface area contributed by atoms with E-state index in [1.807, 2.05) is 20.8 Å². The Labute approximate surface area is 211 Å². The fourth-order valence-electron chi connectivity index (χ4n) is 6.19. The Kier molecular flexibility index (Phi) is 7.33. The maximum Gasteiger partial charge on any atom is 0.326 e. The van der Waals surface area contributed by atoms with E-state index in [1.165, 1.54) is 23.5 Å². The minimum absolute atomic E-state index is 0.0428. The number of nitrogens with one attached hydrogen (secondary N) is 2. The summed E-state index contributed by atoms with van der Waals surface area (Å²) < 4.78 is 0. The molecule has 0 spiro atoms. The Morgan fingerprint density at radius 1 is 1.08 bits per heavy atom. The molecule has 10 heteroatoms. The van der Waals surface area contributed by atoms with Gasteiger partial charge in [-0.05, 0) is 42.9 Å². The number of fused-ring (bicyclic) bond motifs is 1. The molecule has 10 nitrogen and oxygen atoms in total. The number of aliphatic carboxylic acids is 1. The number of aromatic nitrogens is 2. The molecule has 196 valence electrons. The summed E-state index contributed by atoms with van der Waals surface area (Å²) in [6.07, 6.45) is 10.3. The van der Waals surface area contributed by atoms with Gasteiger partial charge in [-0.1, -0.05) is 46.5 Å². The fraction of sp³-hybridized carbons (Fsp3) is 0.692. The van der Waals surface area contributed by atoms with Crippen LogP contribution in [0.2, 0.25) is 0 Å². The van der Waals surface area contributed by atoms with Gasteiger partial charge < -0.3 is 20.6 Å². The van der Waals surface area contributed by atoms with Crippen LogP contribution in [0.1, 0.15) is 82.6 Å². The molecular weight excluding hydrogens is 462 g/mol. The molecule has 36 heavy (non-hydrogen) atoms. The second-order valence-electron chi connectivity index (χ2n) is 11.6. The second-order valence-corrected chi connectivity index (χ2v) is 11.6. The van der Waals surface area contributed by atoms with Gasteiger partial charge in [-0.15, -0.1) is 0 Å². The fourth-order valence-corrected chi connectivity index (χ4v) is 6.19. The van der Waals surface area contributed by atoms with E-state index in [2.05, 4.69) is 20.6 Å². The highest BCUT2D eigenvalue weighted by Gasteiger charge is 2.52. The van der Waals surface area contributed by atoms with Crippen molar-refractivity contribution in [3.63, 3.8) is 0 Å². The summed E-state index contributed by atoms with van der Waals surface area (Å²) in [6.45, 7) is 5.97. The molecule has 4 rings (SSSR count). The van der Waals surface area contributed by atoms with Crippen molar-refractivity contribution in [2.45, 2.75) is 89.8 Å². The van der Waals surface area contributed by atoms with E-state index in [4.69, 9.17) is 0 Å². The van der Waals surface area contributed by atoms with Gasteiger partial charge in [-0.25, -0.2) is 9.78 Å². The van der Waals surface area contributed by atoms with Crippen LogP contribution in [0.25, 0.3) is 0 Å². The molecule has 1 saturated heterocycles. The Morgan fingerprint density at radius 3 is 2.42 bits per heavy atom. The second kappa shape index (κ2) is 10.1. The molecule has 4 atom stereocenters. The van der Waals surface area contributed by atoms with Crippen LogP contribution in [0.4, 0.5) is 0 Å². The number of likely N-dealkylation sites (tertiary alicyclic amines) is 1. The van der Waals surface area contributed by atoms with Crippen LogP contribution in [0, 0.1) is 17.3 Å². The molecule has 0 aromatic carbocycles. The number of hydrogen-bond acceptors (Lipinski definition) is 6. The van der Waals surface area contributed by atoms with Gasteiger partial charge in [0.15, 0.2) is 0 Å². The van der Waals surface area contributed by atoms with E-state index in [0.29, 0.717) is 19.4 Å². The van der Waals surface area contributed by atoms with E-state index in [-0.39, 0.29) is 23.4 Å². The number of carboxylic acids is 1. The SMILES string of the molecule is CC(C)(C)[C@H](NC(=O)C1(NC(=O)c2cnccn2)CCCCC1)C(=O)N1C[C@@H]2CCC[C@@H]2C1C(=O)O. The van der Waals surface area contributed by atoms with Gasteiger partial charge in [0.2, 0.25) is 11.8 Å². The number of hydrogen-bond donors (Lipinski definition) is 3. The molecule has 3 amide bonds. The van der Waals surface area contributed by atoms with Gasteiger partial charge in [-0.3, -0.25) is 19.4 Å². The van der Waals surface area contributed by atoms with Crippen molar-refractivity contribution in [3.8, 4) is 0 Å². The number of nitrogens with zero attached hydrogens (tertiary/aromatic N) is 3. The number of amides is 3. The molecule has 1 aliphatic heterocycles. The number of carboxylic acid groups (broad SMARTS) is 1. The maximum absolute atomic E-state index is 13.8. The molecule has 2 heterocycles. The van der Waals surface area contributed by atoms with Crippen molar-refractivity contribution in [2.75, 3.05) is 6.54 Å². The first kappa shape index (κ1) is 26.0. The molecule has 1 unspecified atom stereocenters. The van der Waals surface area contributed by atoms with Gasteiger partial charge in [0, 0.05) is 18.9 Å². The van der Waals surface area contributed by atoms with Crippen molar-refractivity contribution in [1.29, 1.82) is 0 Å². The average Bonchev–Trinajstić information content (AvgIpc) is 3.43. The Bertz CT molecular complexity index is 1000. The summed E-state index contributed by atoms with van der Waals surface area (Å²) >= 11 is 0. The highest BCUT2D eigenvalue weighted by molar-refractivity contribution is 5.99. The molecule has 1 aromatic heterocycles. The van der Waals surface area contributed by atoms with Gasteiger partial charge >= 0.3 is 5.97 Å². The predicted octanol–water partition coefficient (Wildman–Crippen LogP) is 2.15. The lowest BCUT2D eigenvalue weighted by atomic mass is 9.79. The number of rotatable bonds is 6. The number of carbonyl (C=O) groups excluding carboxylic acids is 3. The zero-order chi connectivity index (χ0) is 26.1. The maximum atomic E-state index is 13.8. The summed E-state index contributed by atoms with van der Waals surface area (Å²) in [4.78, 5) is 62.2. The van der Waals surface area contributed by atoms with Crippen LogP contribution in [-0.2, 0) is 14.4 Å². The molecule has 3 fully saturated rings. The zero-order valence-electron chi connectivity index (χ0n) is 21.3. The summed E-state index contributed by atoms with van der Waals surface area (Å²) in [5, 5.41) is 15.8. The van der Waals surface area contributed by atoms with E-state index < -0.39 is 40.8 Å². The van der Waals surface area contributed by atoms with E-state index >= 15 is 0 Å². The van der Waals surface area contributed by atoms with Crippen molar-refractivity contribution in [3.05, 3.63) is 24.3 Å². The normalized spacial score (nSPS) is 26.1. The number of carbonyl (C=O) groups is 4. The third-order valence-corrected chi connectivity index (χ3v) is 8.11. The van der Waals surface area contributed by atoms with Gasteiger partial charge in [0.05, 0.1) is 6.20 Å². The van der Waals surface area contributed by atoms with Gasteiger partial charge in [-0.2, -0.15) is 0 Å². The molecule has 1 aromatic rings. The Hall–Kier alpha value is -3.04. The van der Waals surface area contributed by atoms with E-state index in [9.17, 15) is 24.3 Å². The smallest absolute Gasteiger partial charge is 0.326 e. The third-order valence-electron chi connectivity index (χ3n) is 8.11. The van der Waals surface area contributed by atoms with Crippen LogP contribution in [0.15, 0.2) is 18.6 Å². The van der Waals surface area contributed by atoms with E-state index in [0.717, 1.165) is 38.5 Å². The van der Waals surface area contributed by atoms with Crippen LogP contribution in [0.5, 0.6) is 0 Å².